The lowest BCUT2D eigenvalue weighted by molar-refractivity contribution is 0.191. The standard InChI is InChI=1S/C15H20FNO2S/c1-11-10-13(16)7-8-15(11)20(18,19)17-9-3-6-14(17)12-4-2-5-12/h7-8,10,12,14H,2-6,9H2,1H3. The van der Waals surface area contributed by atoms with Gasteiger partial charge in [-0.2, -0.15) is 4.31 Å². The lowest BCUT2D eigenvalue weighted by Gasteiger charge is -2.36. The molecule has 5 heteroatoms. The van der Waals surface area contributed by atoms with Gasteiger partial charge in [-0.05, 0) is 62.3 Å². The molecule has 1 aromatic carbocycles. The van der Waals surface area contributed by atoms with Gasteiger partial charge in [0.2, 0.25) is 10.0 Å². The van der Waals surface area contributed by atoms with Crippen molar-refractivity contribution in [2.24, 2.45) is 5.92 Å². The van der Waals surface area contributed by atoms with Crippen molar-refractivity contribution in [2.75, 3.05) is 6.54 Å². The molecule has 3 rings (SSSR count). The molecule has 20 heavy (non-hydrogen) atoms. The number of hydrogen-bond acceptors (Lipinski definition) is 2. The number of benzene rings is 1. The molecule has 1 atom stereocenters. The molecule has 1 unspecified atom stereocenters. The molecular formula is C15H20FNO2S. The van der Waals surface area contributed by atoms with E-state index in [4.69, 9.17) is 0 Å². The van der Waals surface area contributed by atoms with Crippen LogP contribution in [0.4, 0.5) is 4.39 Å². The lowest BCUT2D eigenvalue weighted by atomic mass is 9.79. The molecule has 1 saturated heterocycles. The SMILES string of the molecule is Cc1cc(F)ccc1S(=O)(=O)N1CCCC1C1CCC1. The van der Waals surface area contributed by atoms with Crippen molar-refractivity contribution in [3.05, 3.63) is 29.6 Å². The van der Waals surface area contributed by atoms with E-state index >= 15 is 0 Å². The van der Waals surface area contributed by atoms with E-state index in [1.54, 1.807) is 11.2 Å². The Kier molecular flexibility index (Phi) is 3.58. The minimum Gasteiger partial charge on any atom is -0.207 e. The molecule has 0 N–H and O–H groups in total. The van der Waals surface area contributed by atoms with Crippen LogP contribution in [-0.2, 0) is 10.0 Å². The van der Waals surface area contributed by atoms with Crippen LogP contribution in [0.3, 0.4) is 0 Å². The Morgan fingerprint density at radius 3 is 2.55 bits per heavy atom. The first-order chi connectivity index (χ1) is 9.50. The van der Waals surface area contributed by atoms with Crippen LogP contribution in [0.1, 0.15) is 37.7 Å². The Balaban J connectivity index is 1.94. The maximum Gasteiger partial charge on any atom is 0.243 e. The van der Waals surface area contributed by atoms with Gasteiger partial charge >= 0.3 is 0 Å². The summed E-state index contributed by atoms with van der Waals surface area (Å²) in [5.41, 5.74) is 0.490. The molecule has 2 aliphatic rings. The Labute approximate surface area is 119 Å². The van der Waals surface area contributed by atoms with Gasteiger partial charge in [-0.1, -0.05) is 6.42 Å². The van der Waals surface area contributed by atoms with Gasteiger partial charge in [-0.3, -0.25) is 0 Å². The number of halogens is 1. The topological polar surface area (TPSA) is 37.4 Å². The summed E-state index contributed by atoms with van der Waals surface area (Å²) in [6.45, 7) is 2.25. The van der Waals surface area contributed by atoms with Crippen LogP contribution in [0.2, 0.25) is 0 Å². The molecule has 110 valence electrons. The minimum atomic E-state index is -3.49. The smallest absolute Gasteiger partial charge is 0.207 e. The summed E-state index contributed by atoms with van der Waals surface area (Å²) < 4.78 is 40.5. The van der Waals surface area contributed by atoms with E-state index in [1.165, 1.54) is 24.6 Å². The first kappa shape index (κ1) is 14.0. The third kappa shape index (κ3) is 2.27. The average Bonchev–Trinajstić information content (AvgIpc) is 2.75. The zero-order valence-corrected chi connectivity index (χ0v) is 12.5. The Morgan fingerprint density at radius 2 is 1.95 bits per heavy atom. The molecule has 0 spiro atoms. The van der Waals surface area contributed by atoms with Crippen LogP contribution in [0.25, 0.3) is 0 Å². The van der Waals surface area contributed by atoms with Crippen LogP contribution < -0.4 is 0 Å². The van der Waals surface area contributed by atoms with E-state index in [9.17, 15) is 12.8 Å². The summed E-state index contributed by atoms with van der Waals surface area (Å²) >= 11 is 0. The summed E-state index contributed by atoms with van der Waals surface area (Å²) in [7, 11) is -3.49. The summed E-state index contributed by atoms with van der Waals surface area (Å²) in [5.74, 6) is 0.131. The molecule has 3 nitrogen and oxygen atoms in total. The van der Waals surface area contributed by atoms with Crippen molar-refractivity contribution in [1.82, 2.24) is 4.31 Å². The van der Waals surface area contributed by atoms with Crippen LogP contribution >= 0.6 is 0 Å². The second-order valence-electron chi connectivity index (χ2n) is 5.93. The zero-order chi connectivity index (χ0) is 14.3. The molecule has 2 fully saturated rings. The third-order valence-electron chi connectivity index (χ3n) is 4.67. The molecule has 0 aromatic heterocycles. The molecule has 1 heterocycles. The maximum atomic E-state index is 13.2. The highest BCUT2D eigenvalue weighted by molar-refractivity contribution is 7.89. The normalized spacial score (nSPS) is 24.8. The van der Waals surface area contributed by atoms with Gasteiger partial charge in [0.15, 0.2) is 0 Å². The molecule has 1 aromatic rings. The fraction of sp³-hybridized carbons (Fsp3) is 0.600. The summed E-state index contributed by atoms with van der Waals surface area (Å²) in [6, 6.07) is 4.07. The van der Waals surface area contributed by atoms with Gasteiger partial charge in [0.05, 0.1) is 4.90 Å². The van der Waals surface area contributed by atoms with Crippen molar-refractivity contribution in [3.63, 3.8) is 0 Å². The van der Waals surface area contributed by atoms with Gasteiger partial charge in [0.1, 0.15) is 5.82 Å². The van der Waals surface area contributed by atoms with Crippen LogP contribution in [0.15, 0.2) is 23.1 Å². The van der Waals surface area contributed by atoms with Crippen molar-refractivity contribution >= 4 is 10.0 Å². The number of aryl methyl sites for hydroxylation is 1. The second kappa shape index (κ2) is 5.11. The fourth-order valence-corrected chi connectivity index (χ4v) is 5.35. The molecule has 0 radical (unpaired) electrons. The third-order valence-corrected chi connectivity index (χ3v) is 6.75. The highest BCUT2D eigenvalue weighted by Crippen LogP contribution is 2.39. The van der Waals surface area contributed by atoms with Crippen LogP contribution in [0.5, 0.6) is 0 Å². The zero-order valence-electron chi connectivity index (χ0n) is 11.7. The summed E-state index contributed by atoms with van der Waals surface area (Å²) in [5, 5.41) is 0. The number of hydrogen-bond donors (Lipinski definition) is 0. The quantitative estimate of drug-likeness (QED) is 0.860. The largest absolute Gasteiger partial charge is 0.243 e. The van der Waals surface area contributed by atoms with Gasteiger partial charge < -0.3 is 0 Å². The van der Waals surface area contributed by atoms with Crippen LogP contribution in [-0.4, -0.2) is 25.3 Å². The Hall–Kier alpha value is -0.940. The number of sulfonamides is 1. The highest BCUT2D eigenvalue weighted by atomic mass is 32.2. The van der Waals surface area contributed by atoms with Crippen molar-refractivity contribution in [1.29, 1.82) is 0 Å². The second-order valence-corrected chi connectivity index (χ2v) is 7.79. The number of nitrogens with zero attached hydrogens (tertiary/aromatic N) is 1. The van der Waals surface area contributed by atoms with Crippen molar-refractivity contribution in [3.8, 4) is 0 Å². The fourth-order valence-electron chi connectivity index (χ4n) is 3.39. The van der Waals surface area contributed by atoms with E-state index < -0.39 is 15.8 Å². The molecule has 0 amide bonds. The Bertz CT molecular complexity index is 610. The van der Waals surface area contributed by atoms with Crippen molar-refractivity contribution < 1.29 is 12.8 Å². The summed E-state index contributed by atoms with van der Waals surface area (Å²) in [6.07, 6.45) is 5.38. The van der Waals surface area contributed by atoms with E-state index in [-0.39, 0.29) is 10.9 Å². The van der Waals surface area contributed by atoms with Crippen LogP contribution in [0, 0.1) is 18.7 Å². The molecular weight excluding hydrogens is 277 g/mol. The lowest BCUT2D eigenvalue weighted by Crippen LogP contribution is -2.42. The minimum absolute atomic E-state index is 0.151. The predicted molar refractivity (Wildman–Crippen MR) is 75.4 cm³/mol. The van der Waals surface area contributed by atoms with E-state index in [0.29, 0.717) is 18.0 Å². The molecule has 0 bridgehead atoms. The number of rotatable bonds is 3. The highest BCUT2D eigenvalue weighted by Gasteiger charge is 2.41. The van der Waals surface area contributed by atoms with Crippen molar-refractivity contribution in [2.45, 2.75) is 50.0 Å². The van der Waals surface area contributed by atoms with E-state index in [0.717, 1.165) is 25.7 Å². The van der Waals surface area contributed by atoms with E-state index in [2.05, 4.69) is 0 Å². The first-order valence-corrected chi connectivity index (χ1v) is 8.72. The average molecular weight is 297 g/mol. The van der Waals surface area contributed by atoms with E-state index in [1.807, 2.05) is 0 Å². The van der Waals surface area contributed by atoms with Gasteiger partial charge in [0.25, 0.3) is 0 Å². The summed E-state index contributed by atoms with van der Waals surface area (Å²) in [4.78, 5) is 0.255. The monoisotopic (exact) mass is 297 g/mol. The molecule has 1 saturated carbocycles. The van der Waals surface area contributed by atoms with Gasteiger partial charge in [0, 0.05) is 12.6 Å². The van der Waals surface area contributed by atoms with Gasteiger partial charge in [-0.25, -0.2) is 12.8 Å². The predicted octanol–water partition coefficient (Wildman–Crippen LogP) is 3.09. The maximum absolute atomic E-state index is 13.2. The molecule has 1 aliphatic carbocycles. The first-order valence-electron chi connectivity index (χ1n) is 7.28. The van der Waals surface area contributed by atoms with Gasteiger partial charge in [-0.15, -0.1) is 0 Å². The Morgan fingerprint density at radius 1 is 1.20 bits per heavy atom. The molecule has 1 aliphatic heterocycles.